The molecule has 1 rings (SSSR count). The number of carbonyl (C=O) groups is 1. The van der Waals surface area contributed by atoms with Gasteiger partial charge in [0.2, 0.25) is 0 Å². The number of carbonyl (C=O) groups excluding carboxylic acids is 1. The third-order valence-electron chi connectivity index (χ3n) is 2.11. The van der Waals surface area contributed by atoms with E-state index in [-0.39, 0.29) is 17.3 Å². The van der Waals surface area contributed by atoms with Crippen LogP contribution in [0.4, 0.5) is 5.69 Å². The molecule has 1 aromatic rings. The molecule has 0 unspecified atom stereocenters. The molecule has 7 heteroatoms. The van der Waals surface area contributed by atoms with Gasteiger partial charge in [0, 0.05) is 12.0 Å². The highest BCUT2D eigenvalue weighted by atomic mass is 35.5. The van der Waals surface area contributed by atoms with Gasteiger partial charge in [-0.3, -0.25) is 10.1 Å². The minimum absolute atomic E-state index is 0.0107. The van der Waals surface area contributed by atoms with E-state index in [4.69, 9.17) is 23.8 Å². The van der Waals surface area contributed by atoms with E-state index in [2.05, 4.69) is 4.74 Å². The second-order valence-corrected chi connectivity index (χ2v) is 3.72. The van der Waals surface area contributed by atoms with E-state index in [0.29, 0.717) is 5.56 Å². The summed E-state index contributed by atoms with van der Waals surface area (Å²) in [6.07, 6.45) is 4.81. The van der Waals surface area contributed by atoms with Crippen LogP contribution in [0, 0.1) is 22.5 Å². The Balaban J connectivity index is 2.84. The van der Waals surface area contributed by atoms with Gasteiger partial charge in [-0.05, 0) is 11.6 Å². The third-order valence-corrected chi connectivity index (χ3v) is 2.43. The second kappa shape index (κ2) is 6.00. The van der Waals surface area contributed by atoms with Crippen LogP contribution in [0.5, 0.6) is 0 Å². The summed E-state index contributed by atoms with van der Waals surface area (Å²) in [7, 11) is 0. The van der Waals surface area contributed by atoms with E-state index in [0.717, 1.165) is 0 Å². The Labute approximate surface area is 108 Å². The van der Waals surface area contributed by atoms with Crippen molar-refractivity contribution in [3.05, 3.63) is 38.9 Å². The van der Waals surface area contributed by atoms with Crippen LogP contribution in [0.15, 0.2) is 18.2 Å². The molecule has 0 aliphatic carbocycles. The molecule has 0 radical (unpaired) electrons. The van der Waals surface area contributed by atoms with Gasteiger partial charge in [0.05, 0.1) is 11.0 Å². The topological polar surface area (TPSA) is 95.5 Å². The standard InChI is InChI=1S/C11H9ClN2O4/c1-2-11(15)18-6-9(13)7-3-4-8(12)10(5-7)14(16)17/h1,3-5,9H,6,13H2/t9-/m0/s1. The highest BCUT2D eigenvalue weighted by Crippen LogP contribution is 2.27. The van der Waals surface area contributed by atoms with Crippen LogP contribution in [0.1, 0.15) is 11.6 Å². The van der Waals surface area contributed by atoms with Crippen molar-refractivity contribution in [1.82, 2.24) is 0 Å². The van der Waals surface area contributed by atoms with E-state index in [9.17, 15) is 14.9 Å². The fourth-order valence-corrected chi connectivity index (χ4v) is 1.39. The molecule has 0 heterocycles. The lowest BCUT2D eigenvalue weighted by Crippen LogP contribution is -2.19. The van der Waals surface area contributed by atoms with Crippen LogP contribution in [0.3, 0.4) is 0 Å². The number of nitro groups is 1. The first kappa shape index (κ1) is 14.0. The zero-order valence-electron chi connectivity index (χ0n) is 9.13. The average Bonchev–Trinajstić information content (AvgIpc) is 2.35. The molecular weight excluding hydrogens is 260 g/mol. The summed E-state index contributed by atoms with van der Waals surface area (Å²) in [5.74, 6) is 0.925. The number of nitrogens with zero attached hydrogens (tertiary/aromatic N) is 1. The number of ether oxygens (including phenoxy) is 1. The molecule has 0 saturated heterocycles. The molecule has 6 nitrogen and oxygen atoms in total. The van der Waals surface area contributed by atoms with Gasteiger partial charge in [0.1, 0.15) is 11.6 Å². The average molecular weight is 269 g/mol. The molecule has 0 saturated carbocycles. The number of benzene rings is 1. The van der Waals surface area contributed by atoms with Gasteiger partial charge in [-0.1, -0.05) is 17.7 Å². The predicted molar refractivity (Wildman–Crippen MR) is 64.8 cm³/mol. The van der Waals surface area contributed by atoms with Gasteiger partial charge >= 0.3 is 5.97 Å². The summed E-state index contributed by atoms with van der Waals surface area (Å²) in [6, 6.07) is 3.40. The molecule has 0 bridgehead atoms. The molecule has 0 aliphatic rings. The van der Waals surface area contributed by atoms with Gasteiger partial charge in [-0.2, -0.15) is 0 Å². The first-order chi connectivity index (χ1) is 8.45. The number of hydrogen-bond donors (Lipinski definition) is 1. The largest absolute Gasteiger partial charge is 0.454 e. The van der Waals surface area contributed by atoms with Crippen LogP contribution in [-0.4, -0.2) is 17.5 Å². The van der Waals surface area contributed by atoms with E-state index in [1.807, 2.05) is 0 Å². The summed E-state index contributed by atoms with van der Waals surface area (Å²) >= 11 is 5.65. The van der Waals surface area contributed by atoms with Crippen LogP contribution in [-0.2, 0) is 9.53 Å². The van der Waals surface area contributed by atoms with Gasteiger partial charge in [-0.25, -0.2) is 4.79 Å². The van der Waals surface area contributed by atoms with Crippen molar-refractivity contribution in [2.75, 3.05) is 6.61 Å². The zero-order valence-corrected chi connectivity index (χ0v) is 9.89. The van der Waals surface area contributed by atoms with Crippen LogP contribution < -0.4 is 5.73 Å². The number of hydrogen-bond acceptors (Lipinski definition) is 5. The number of nitrogens with two attached hydrogens (primary N) is 1. The monoisotopic (exact) mass is 268 g/mol. The maximum Gasteiger partial charge on any atom is 0.384 e. The van der Waals surface area contributed by atoms with Gasteiger partial charge in [-0.15, -0.1) is 6.42 Å². The molecule has 1 aromatic carbocycles. The molecule has 1 atom stereocenters. The highest BCUT2D eigenvalue weighted by Gasteiger charge is 2.16. The molecule has 0 aromatic heterocycles. The zero-order chi connectivity index (χ0) is 13.7. The van der Waals surface area contributed by atoms with Crippen LogP contribution in [0.2, 0.25) is 5.02 Å². The molecule has 18 heavy (non-hydrogen) atoms. The summed E-state index contributed by atoms with van der Waals surface area (Å²) < 4.78 is 4.64. The fourth-order valence-electron chi connectivity index (χ4n) is 1.20. The first-order valence-corrected chi connectivity index (χ1v) is 5.16. The normalized spacial score (nSPS) is 11.4. The lowest BCUT2D eigenvalue weighted by atomic mass is 10.1. The summed E-state index contributed by atoms with van der Waals surface area (Å²) in [6.45, 7) is -0.165. The Morgan fingerprint density at radius 2 is 2.33 bits per heavy atom. The van der Waals surface area contributed by atoms with Crippen molar-refractivity contribution in [3.8, 4) is 12.3 Å². The van der Waals surface area contributed by atoms with Crippen LogP contribution >= 0.6 is 11.6 Å². The second-order valence-electron chi connectivity index (χ2n) is 3.32. The number of halogens is 1. The van der Waals surface area contributed by atoms with Gasteiger partial charge in [0.15, 0.2) is 0 Å². The minimum atomic E-state index is -0.839. The number of nitro benzene ring substituents is 1. The van der Waals surface area contributed by atoms with Crippen molar-refractivity contribution in [2.45, 2.75) is 6.04 Å². The molecule has 0 fully saturated rings. The summed E-state index contributed by atoms with van der Waals surface area (Å²) in [5.41, 5.74) is 5.88. The highest BCUT2D eigenvalue weighted by molar-refractivity contribution is 6.32. The molecular formula is C11H9ClN2O4. The van der Waals surface area contributed by atoms with Crippen molar-refractivity contribution in [1.29, 1.82) is 0 Å². The first-order valence-electron chi connectivity index (χ1n) is 4.78. The SMILES string of the molecule is C#CC(=O)OC[C@H](N)c1ccc(Cl)c([N+](=O)[O-])c1. The minimum Gasteiger partial charge on any atom is -0.454 e. The number of rotatable bonds is 4. The maximum atomic E-state index is 10.7. The number of esters is 1. The Hall–Kier alpha value is -2.10. The van der Waals surface area contributed by atoms with Gasteiger partial charge in [0.25, 0.3) is 5.69 Å². The quantitative estimate of drug-likeness (QED) is 0.293. The Morgan fingerprint density at radius 3 is 2.89 bits per heavy atom. The molecule has 2 N–H and O–H groups in total. The summed E-state index contributed by atoms with van der Waals surface area (Å²) in [4.78, 5) is 20.8. The molecule has 0 spiro atoms. The van der Waals surface area contributed by atoms with Crippen molar-refractivity contribution >= 4 is 23.3 Å². The Kier molecular flexibility index (Phi) is 4.66. The van der Waals surface area contributed by atoms with Crippen molar-refractivity contribution in [3.63, 3.8) is 0 Å². The molecule has 0 amide bonds. The maximum absolute atomic E-state index is 10.7. The molecule has 0 aliphatic heterocycles. The predicted octanol–water partition coefficient (Wildman–Crippen LogP) is 1.42. The van der Waals surface area contributed by atoms with E-state index >= 15 is 0 Å². The Morgan fingerprint density at radius 1 is 1.67 bits per heavy atom. The number of terminal acetylenes is 1. The fraction of sp³-hybridized carbons (Fsp3) is 0.182. The summed E-state index contributed by atoms with van der Waals surface area (Å²) in [5, 5.41) is 10.7. The van der Waals surface area contributed by atoms with E-state index < -0.39 is 16.9 Å². The lowest BCUT2D eigenvalue weighted by Gasteiger charge is -2.11. The van der Waals surface area contributed by atoms with E-state index in [1.165, 1.54) is 18.2 Å². The van der Waals surface area contributed by atoms with Crippen molar-refractivity contribution < 1.29 is 14.5 Å². The third kappa shape index (κ3) is 3.45. The van der Waals surface area contributed by atoms with E-state index in [1.54, 1.807) is 5.92 Å². The van der Waals surface area contributed by atoms with Crippen LogP contribution in [0.25, 0.3) is 0 Å². The molecule has 94 valence electrons. The van der Waals surface area contributed by atoms with Crippen molar-refractivity contribution in [2.24, 2.45) is 5.73 Å². The smallest absolute Gasteiger partial charge is 0.384 e. The Bertz CT molecular complexity index is 524. The van der Waals surface area contributed by atoms with Gasteiger partial charge < -0.3 is 10.5 Å². The lowest BCUT2D eigenvalue weighted by molar-refractivity contribution is -0.384.